The van der Waals surface area contributed by atoms with Crippen molar-refractivity contribution in [3.8, 4) is 0 Å². The summed E-state index contributed by atoms with van der Waals surface area (Å²) in [6.07, 6.45) is 3.94. The van der Waals surface area contributed by atoms with Crippen molar-refractivity contribution in [3.63, 3.8) is 0 Å². The van der Waals surface area contributed by atoms with Crippen molar-refractivity contribution in [1.82, 2.24) is 10.3 Å². The second kappa shape index (κ2) is 7.32. The summed E-state index contributed by atoms with van der Waals surface area (Å²) in [7, 11) is 1.88. The largest absolute Gasteiger partial charge is 0.435 e. The van der Waals surface area contributed by atoms with Crippen LogP contribution in [0.4, 0.5) is 5.82 Å². The number of aromatic nitrogens is 1. The number of nitrogens with two attached hydrogens (primary N) is 1. The van der Waals surface area contributed by atoms with E-state index in [0.717, 1.165) is 36.2 Å². The summed E-state index contributed by atoms with van der Waals surface area (Å²) < 4.78 is 5.75. The third-order valence-corrected chi connectivity index (χ3v) is 3.42. The van der Waals surface area contributed by atoms with Crippen LogP contribution in [0.2, 0.25) is 0 Å². The van der Waals surface area contributed by atoms with E-state index in [4.69, 9.17) is 10.4 Å². The minimum atomic E-state index is 0.208. The van der Waals surface area contributed by atoms with Crippen molar-refractivity contribution in [1.29, 1.82) is 0 Å². The molecule has 21 heavy (non-hydrogen) atoms. The zero-order valence-electron chi connectivity index (χ0n) is 12.6. The summed E-state index contributed by atoms with van der Waals surface area (Å²) in [6, 6.07) is 5.64. The number of rotatable bonds is 6. The van der Waals surface area contributed by atoms with E-state index in [0.29, 0.717) is 12.2 Å². The van der Waals surface area contributed by atoms with E-state index in [2.05, 4.69) is 23.5 Å². The quantitative estimate of drug-likeness (QED) is 0.622. The van der Waals surface area contributed by atoms with E-state index in [1.165, 1.54) is 0 Å². The molecule has 2 rings (SSSR count). The van der Waals surface area contributed by atoms with Gasteiger partial charge in [0.2, 0.25) is 0 Å². The minimum Gasteiger partial charge on any atom is -0.435 e. The smallest absolute Gasteiger partial charge is 0.316 e. The maximum Gasteiger partial charge on any atom is 0.316 e. The van der Waals surface area contributed by atoms with Gasteiger partial charge < -0.3 is 15.7 Å². The number of hydrogen-bond donors (Lipinski definition) is 2. The van der Waals surface area contributed by atoms with Gasteiger partial charge in [0.25, 0.3) is 0 Å². The van der Waals surface area contributed by atoms with Crippen molar-refractivity contribution in [2.24, 2.45) is 0 Å². The van der Waals surface area contributed by atoms with Crippen LogP contribution in [0.1, 0.15) is 31.9 Å². The molecule has 0 aliphatic carbocycles. The molecule has 1 aliphatic heterocycles. The highest BCUT2D eigenvalue weighted by atomic mass is 16.4. The Labute approximate surface area is 127 Å². The van der Waals surface area contributed by atoms with E-state index in [9.17, 15) is 0 Å². The van der Waals surface area contributed by atoms with Gasteiger partial charge in [-0.25, -0.2) is 4.98 Å². The number of anilines is 1. The van der Waals surface area contributed by atoms with Gasteiger partial charge in [0.05, 0.1) is 0 Å². The zero-order chi connectivity index (χ0) is 15.2. The normalized spacial score (nSPS) is 21.4. The summed E-state index contributed by atoms with van der Waals surface area (Å²) in [5, 5.41) is 3.38. The molecule has 1 radical (unpaired) electrons. The Morgan fingerprint density at radius 1 is 1.48 bits per heavy atom. The molecule has 0 bridgehead atoms. The second-order valence-electron chi connectivity index (χ2n) is 5.72. The first-order chi connectivity index (χ1) is 10.0. The molecule has 2 heterocycles. The predicted molar refractivity (Wildman–Crippen MR) is 87.7 cm³/mol. The summed E-state index contributed by atoms with van der Waals surface area (Å²) >= 11 is 0. The number of nitrogens with zero attached hydrogens (tertiary/aromatic N) is 1. The number of nitrogen functional groups attached to an aromatic ring is 1. The van der Waals surface area contributed by atoms with Gasteiger partial charge in [-0.05, 0) is 38.3 Å². The van der Waals surface area contributed by atoms with Crippen LogP contribution in [-0.4, -0.2) is 24.5 Å². The van der Waals surface area contributed by atoms with Gasteiger partial charge in [0.1, 0.15) is 5.82 Å². The summed E-state index contributed by atoms with van der Waals surface area (Å²) in [5.74, 6) is 0.746. The molecule has 2 unspecified atom stereocenters. The fourth-order valence-electron chi connectivity index (χ4n) is 2.48. The molecule has 1 fully saturated rings. The first-order valence-electron chi connectivity index (χ1n) is 7.32. The fraction of sp³-hybridized carbons (Fsp3) is 0.438. The molecule has 0 spiro atoms. The van der Waals surface area contributed by atoms with E-state index in [1.54, 1.807) is 6.07 Å². The highest BCUT2D eigenvalue weighted by Gasteiger charge is 2.23. The van der Waals surface area contributed by atoms with Gasteiger partial charge >= 0.3 is 7.48 Å². The molecule has 1 aromatic heterocycles. The molecule has 3 N–H and O–H groups in total. The first-order valence-corrected chi connectivity index (χ1v) is 7.32. The van der Waals surface area contributed by atoms with Crippen LogP contribution in [0.5, 0.6) is 0 Å². The number of nitrogens with one attached hydrogen (secondary N) is 1. The minimum absolute atomic E-state index is 0.208. The average Bonchev–Trinajstić information content (AvgIpc) is 2.40. The maximum atomic E-state index is 5.75. The second-order valence-corrected chi connectivity index (χ2v) is 5.72. The van der Waals surface area contributed by atoms with E-state index >= 15 is 0 Å². The predicted octanol–water partition coefficient (Wildman–Crippen LogP) is 2.40. The lowest BCUT2D eigenvalue weighted by atomic mass is 9.78. The van der Waals surface area contributed by atoms with Gasteiger partial charge in [0, 0.05) is 29.9 Å². The number of hydrogen-bond acceptors (Lipinski definition) is 4. The SMILES string of the molecule is C=C(C)CC1CCC(NC(=C)Cc2cccc(N)n2)[B]O1. The Hall–Kier alpha value is -1.75. The van der Waals surface area contributed by atoms with Crippen LogP contribution in [-0.2, 0) is 11.1 Å². The van der Waals surface area contributed by atoms with E-state index in [-0.39, 0.29) is 12.0 Å². The van der Waals surface area contributed by atoms with Crippen LogP contribution in [0.15, 0.2) is 42.6 Å². The molecule has 0 aromatic carbocycles. The summed E-state index contributed by atoms with van der Waals surface area (Å²) in [6.45, 7) is 10.0. The van der Waals surface area contributed by atoms with Crippen molar-refractivity contribution < 1.29 is 4.65 Å². The molecular weight excluding hydrogens is 261 g/mol. The lowest BCUT2D eigenvalue weighted by Gasteiger charge is -2.30. The van der Waals surface area contributed by atoms with Crippen LogP contribution >= 0.6 is 0 Å². The molecule has 4 nitrogen and oxygen atoms in total. The Kier molecular flexibility index (Phi) is 5.45. The number of allylic oxidation sites excluding steroid dienone is 1. The number of pyridine rings is 1. The Balaban J connectivity index is 1.75. The average molecular weight is 284 g/mol. The van der Waals surface area contributed by atoms with Crippen LogP contribution in [0.25, 0.3) is 0 Å². The molecule has 1 aromatic rings. The molecular formula is C16H23BN3O. The first kappa shape index (κ1) is 15.6. The van der Waals surface area contributed by atoms with Crippen molar-refractivity contribution in [2.75, 3.05) is 5.73 Å². The third-order valence-electron chi connectivity index (χ3n) is 3.42. The Morgan fingerprint density at radius 2 is 2.29 bits per heavy atom. The lowest BCUT2D eigenvalue weighted by molar-refractivity contribution is 0.168. The molecule has 0 saturated carbocycles. The van der Waals surface area contributed by atoms with Crippen LogP contribution in [0.3, 0.4) is 0 Å². The lowest BCUT2D eigenvalue weighted by Crippen LogP contribution is -2.42. The Morgan fingerprint density at radius 3 is 2.90 bits per heavy atom. The molecule has 2 atom stereocenters. The fourth-order valence-corrected chi connectivity index (χ4v) is 2.48. The highest BCUT2D eigenvalue weighted by Crippen LogP contribution is 2.18. The maximum absolute atomic E-state index is 5.75. The summed E-state index contributed by atoms with van der Waals surface area (Å²) in [5.41, 5.74) is 8.69. The van der Waals surface area contributed by atoms with E-state index in [1.807, 2.05) is 26.5 Å². The van der Waals surface area contributed by atoms with E-state index < -0.39 is 0 Å². The van der Waals surface area contributed by atoms with Gasteiger partial charge in [0.15, 0.2) is 0 Å². The van der Waals surface area contributed by atoms with Crippen LogP contribution < -0.4 is 11.1 Å². The molecule has 1 saturated heterocycles. The molecule has 5 heteroatoms. The molecule has 0 amide bonds. The van der Waals surface area contributed by atoms with Gasteiger partial charge in [-0.1, -0.05) is 18.2 Å². The van der Waals surface area contributed by atoms with Gasteiger partial charge in [-0.15, -0.1) is 6.58 Å². The Bertz CT molecular complexity index is 510. The van der Waals surface area contributed by atoms with Crippen LogP contribution in [0, 0.1) is 0 Å². The van der Waals surface area contributed by atoms with Gasteiger partial charge in [-0.2, -0.15) is 0 Å². The standard InChI is InChI=1S/C16H23BN3O/c1-11(2)9-14-7-8-15(17-21-14)19-12(3)10-13-5-4-6-16(18)20-13/h4-6,14-15,19H,1,3,7-10H2,2H3,(H2,18,20). The topological polar surface area (TPSA) is 60.2 Å². The van der Waals surface area contributed by atoms with Crippen molar-refractivity contribution in [2.45, 2.75) is 44.7 Å². The third kappa shape index (κ3) is 5.27. The van der Waals surface area contributed by atoms with Gasteiger partial charge in [-0.3, -0.25) is 0 Å². The van der Waals surface area contributed by atoms with Crippen molar-refractivity contribution in [3.05, 3.63) is 48.3 Å². The summed E-state index contributed by atoms with van der Waals surface area (Å²) in [4.78, 5) is 4.28. The molecule has 1 aliphatic rings. The highest BCUT2D eigenvalue weighted by molar-refractivity contribution is 6.30. The molecule has 111 valence electrons. The zero-order valence-corrected chi connectivity index (χ0v) is 12.6. The monoisotopic (exact) mass is 284 g/mol. The van der Waals surface area contributed by atoms with Crippen molar-refractivity contribution >= 4 is 13.3 Å².